The Morgan fingerprint density at radius 3 is 2.83 bits per heavy atom. The van der Waals surface area contributed by atoms with E-state index in [-0.39, 0.29) is 11.5 Å². The van der Waals surface area contributed by atoms with Crippen LogP contribution in [0.3, 0.4) is 0 Å². The van der Waals surface area contributed by atoms with Crippen LogP contribution in [0.4, 0.5) is 8.78 Å². The molecule has 0 fully saturated rings. The Morgan fingerprint density at radius 2 is 2.00 bits per heavy atom. The normalized spacial score (nSPS) is 14.0. The van der Waals surface area contributed by atoms with Crippen LogP contribution in [0.2, 0.25) is 0 Å². The summed E-state index contributed by atoms with van der Waals surface area (Å²) in [7, 11) is 0. The maximum Gasteiger partial charge on any atom is 0.314 e. The Labute approximate surface area is 67.0 Å². The van der Waals surface area contributed by atoms with E-state index in [2.05, 4.69) is 4.74 Å². The van der Waals surface area contributed by atoms with Gasteiger partial charge in [0.05, 0.1) is 0 Å². The summed E-state index contributed by atoms with van der Waals surface area (Å²) < 4.78 is 34.4. The largest absolute Gasteiger partial charge is 0.454 e. The van der Waals surface area contributed by atoms with Gasteiger partial charge in [-0.2, -0.15) is 4.39 Å². The molecule has 2 rings (SSSR count). The van der Waals surface area contributed by atoms with E-state index in [1.54, 1.807) is 0 Å². The van der Waals surface area contributed by atoms with Crippen molar-refractivity contribution in [2.45, 2.75) is 0 Å². The Hall–Kier alpha value is -1.58. The van der Waals surface area contributed by atoms with E-state index in [9.17, 15) is 8.78 Å². The molecule has 0 saturated heterocycles. The number of hydrogen-bond donors (Lipinski definition) is 0. The van der Waals surface area contributed by atoms with Crippen molar-refractivity contribution in [2.75, 3.05) is 0 Å². The zero-order chi connectivity index (χ0) is 8.55. The number of ether oxygens (including phenoxy) is 2. The molecule has 1 heterocycles. The first-order valence-corrected chi connectivity index (χ1v) is 3.26. The second-order valence-corrected chi connectivity index (χ2v) is 2.21. The summed E-state index contributed by atoms with van der Waals surface area (Å²) in [6, 6.07) is 3.16. The van der Waals surface area contributed by atoms with E-state index in [1.165, 1.54) is 18.2 Å². The van der Waals surface area contributed by atoms with Crippen LogP contribution in [0, 0.1) is 5.82 Å². The van der Waals surface area contributed by atoms with Crippen LogP contribution < -0.4 is 9.47 Å². The van der Waals surface area contributed by atoms with Gasteiger partial charge in [-0.15, -0.1) is 0 Å². The summed E-state index contributed by atoms with van der Waals surface area (Å²) in [6.45, 7) is 0. The molecule has 1 aliphatic heterocycles. The van der Waals surface area contributed by atoms with Crippen LogP contribution in [-0.2, 0) is 0 Å². The lowest BCUT2D eigenvalue weighted by Gasteiger charge is -2.13. The third-order valence-electron chi connectivity index (χ3n) is 1.41. The summed E-state index contributed by atoms with van der Waals surface area (Å²) >= 11 is 0. The van der Waals surface area contributed by atoms with Gasteiger partial charge in [-0.3, -0.25) is 0 Å². The van der Waals surface area contributed by atoms with Crippen LogP contribution in [0.5, 0.6) is 11.5 Å². The molecule has 0 unspecified atom stereocenters. The van der Waals surface area contributed by atoms with Crippen LogP contribution in [-0.4, -0.2) is 0 Å². The second kappa shape index (κ2) is 2.48. The van der Waals surface area contributed by atoms with E-state index < -0.39 is 11.8 Å². The summed E-state index contributed by atoms with van der Waals surface area (Å²) in [5, 5.41) is 0. The predicted octanol–water partition coefficient (Wildman–Crippen LogP) is 2.37. The molecule has 2 nitrogen and oxygen atoms in total. The number of rotatable bonds is 0. The van der Waals surface area contributed by atoms with E-state index >= 15 is 0 Å². The van der Waals surface area contributed by atoms with Crippen LogP contribution in [0.1, 0.15) is 0 Å². The molecule has 62 valence electrons. The van der Waals surface area contributed by atoms with Crippen molar-refractivity contribution >= 4 is 0 Å². The highest BCUT2D eigenvalue weighted by Crippen LogP contribution is 2.34. The van der Waals surface area contributed by atoms with Gasteiger partial charge >= 0.3 is 6.01 Å². The SMILES string of the molecule is FC1=COc2cccc(F)c2O1. The van der Waals surface area contributed by atoms with Crippen molar-refractivity contribution in [2.24, 2.45) is 0 Å². The summed E-state index contributed by atoms with van der Waals surface area (Å²) in [4.78, 5) is 0. The molecule has 0 spiro atoms. The zero-order valence-corrected chi connectivity index (χ0v) is 5.88. The number of benzene rings is 1. The summed E-state index contributed by atoms with van der Waals surface area (Å²) in [6.07, 6.45) is 0.780. The molecule has 1 aromatic carbocycles. The fourth-order valence-electron chi connectivity index (χ4n) is 0.912. The molecule has 1 aliphatic rings. The lowest BCUT2D eigenvalue weighted by Crippen LogP contribution is -2.02. The van der Waals surface area contributed by atoms with Gasteiger partial charge in [-0.05, 0) is 12.1 Å². The molecule has 0 aliphatic carbocycles. The average molecular weight is 170 g/mol. The molecule has 1 aromatic rings. The highest BCUT2D eigenvalue weighted by molar-refractivity contribution is 5.43. The van der Waals surface area contributed by atoms with Gasteiger partial charge in [0.25, 0.3) is 0 Å². The minimum Gasteiger partial charge on any atom is -0.454 e. The molecule has 0 bridgehead atoms. The van der Waals surface area contributed by atoms with Gasteiger partial charge < -0.3 is 9.47 Å². The van der Waals surface area contributed by atoms with Crippen molar-refractivity contribution in [1.82, 2.24) is 0 Å². The Morgan fingerprint density at radius 1 is 1.17 bits per heavy atom. The second-order valence-electron chi connectivity index (χ2n) is 2.21. The minimum absolute atomic E-state index is 0.177. The predicted molar refractivity (Wildman–Crippen MR) is 36.8 cm³/mol. The molecule has 12 heavy (non-hydrogen) atoms. The number of para-hydroxylation sites is 1. The highest BCUT2D eigenvalue weighted by Gasteiger charge is 2.17. The fourth-order valence-corrected chi connectivity index (χ4v) is 0.912. The molecule has 0 atom stereocenters. The van der Waals surface area contributed by atoms with Crippen LogP contribution in [0.25, 0.3) is 0 Å². The van der Waals surface area contributed by atoms with Gasteiger partial charge in [0.2, 0.25) is 5.75 Å². The van der Waals surface area contributed by atoms with Crippen molar-refractivity contribution in [3.63, 3.8) is 0 Å². The molecule has 4 heteroatoms. The van der Waals surface area contributed by atoms with Crippen molar-refractivity contribution in [3.8, 4) is 11.5 Å². The van der Waals surface area contributed by atoms with Gasteiger partial charge in [0.15, 0.2) is 17.8 Å². The molecule has 0 aromatic heterocycles. The van der Waals surface area contributed by atoms with Crippen LogP contribution >= 0.6 is 0 Å². The Kier molecular flexibility index (Phi) is 1.46. The standard InChI is InChI=1S/C8H4F2O2/c9-5-2-1-3-6-8(5)12-7(10)4-11-6/h1-4H. The zero-order valence-electron chi connectivity index (χ0n) is 5.88. The van der Waals surface area contributed by atoms with E-state index in [0.29, 0.717) is 0 Å². The van der Waals surface area contributed by atoms with Crippen molar-refractivity contribution < 1.29 is 18.3 Å². The Balaban J connectivity index is 2.49. The summed E-state index contributed by atoms with van der Waals surface area (Å²) in [5.41, 5.74) is 0. The van der Waals surface area contributed by atoms with Gasteiger partial charge in [0, 0.05) is 0 Å². The van der Waals surface area contributed by atoms with E-state index in [0.717, 1.165) is 6.26 Å². The third kappa shape index (κ3) is 1.01. The molecule has 0 N–H and O–H groups in total. The molecule has 0 radical (unpaired) electrons. The summed E-state index contributed by atoms with van der Waals surface area (Å²) in [5.74, 6) is -0.676. The Bertz CT molecular complexity index is 347. The average Bonchev–Trinajstić information content (AvgIpc) is 2.07. The van der Waals surface area contributed by atoms with Gasteiger partial charge in [0.1, 0.15) is 0 Å². The highest BCUT2D eigenvalue weighted by atomic mass is 19.1. The van der Waals surface area contributed by atoms with Crippen LogP contribution in [0.15, 0.2) is 30.5 Å². The first-order valence-electron chi connectivity index (χ1n) is 3.26. The lowest BCUT2D eigenvalue weighted by molar-refractivity contribution is 0.232. The van der Waals surface area contributed by atoms with E-state index in [4.69, 9.17) is 4.74 Å². The molecular formula is C8H4F2O2. The maximum atomic E-state index is 12.8. The number of hydrogen-bond acceptors (Lipinski definition) is 2. The fraction of sp³-hybridized carbons (Fsp3) is 0. The van der Waals surface area contributed by atoms with Gasteiger partial charge in [-0.25, -0.2) is 4.39 Å². The maximum absolute atomic E-state index is 12.8. The first kappa shape index (κ1) is 7.09. The smallest absolute Gasteiger partial charge is 0.314 e. The first-order chi connectivity index (χ1) is 5.77. The number of halogens is 2. The molecular weight excluding hydrogens is 166 g/mol. The van der Waals surface area contributed by atoms with Crippen molar-refractivity contribution in [1.29, 1.82) is 0 Å². The molecule has 0 amide bonds. The van der Waals surface area contributed by atoms with Gasteiger partial charge in [-0.1, -0.05) is 6.07 Å². The third-order valence-corrected chi connectivity index (χ3v) is 1.41. The quantitative estimate of drug-likeness (QED) is 0.595. The minimum atomic E-state index is -0.951. The molecule has 0 saturated carbocycles. The monoisotopic (exact) mass is 170 g/mol. The van der Waals surface area contributed by atoms with Crippen molar-refractivity contribution in [3.05, 3.63) is 36.3 Å². The number of fused-ring (bicyclic) bond motifs is 1. The topological polar surface area (TPSA) is 18.5 Å². The lowest BCUT2D eigenvalue weighted by atomic mass is 10.3. The van der Waals surface area contributed by atoms with E-state index in [1.807, 2.05) is 0 Å².